The van der Waals surface area contributed by atoms with Gasteiger partial charge in [0, 0.05) is 16.6 Å². The number of benzene rings is 2. The molecule has 1 amide bonds. The van der Waals surface area contributed by atoms with Gasteiger partial charge in [0.15, 0.2) is 0 Å². The molecule has 8 heteroatoms. The molecule has 0 atom stereocenters. The molecule has 0 fully saturated rings. The molecule has 0 unspecified atom stereocenters. The number of hydrogen-bond donors (Lipinski definition) is 1. The van der Waals surface area contributed by atoms with Crippen LogP contribution in [0, 0.1) is 21.7 Å². The van der Waals surface area contributed by atoms with E-state index in [0.29, 0.717) is 16.6 Å². The van der Waals surface area contributed by atoms with E-state index in [4.69, 9.17) is 0 Å². The number of halogens is 3. The Kier molecular flexibility index (Phi) is 4.27. The molecule has 0 saturated carbocycles. The summed E-state index contributed by atoms with van der Waals surface area (Å²) in [5.41, 5.74) is -1.17. The molecule has 1 N–H and O–H groups in total. The van der Waals surface area contributed by atoms with Gasteiger partial charge in [-0.2, -0.15) is 4.39 Å². The molecule has 2 aromatic rings. The molecule has 0 aliphatic carbocycles. The van der Waals surface area contributed by atoms with Crippen molar-refractivity contribution >= 4 is 33.2 Å². The normalized spacial score (nSPS) is 10.2. The monoisotopic (exact) mass is 356 g/mol. The van der Waals surface area contributed by atoms with Crippen LogP contribution in [0.2, 0.25) is 0 Å². The molecular formula is C13H7BrF2N2O3. The smallest absolute Gasteiger partial charge is 0.307 e. The summed E-state index contributed by atoms with van der Waals surface area (Å²) in [7, 11) is 0. The summed E-state index contributed by atoms with van der Waals surface area (Å²) in [6.07, 6.45) is 0. The minimum Gasteiger partial charge on any atom is -0.319 e. The van der Waals surface area contributed by atoms with Crippen molar-refractivity contribution in [3.8, 4) is 0 Å². The lowest BCUT2D eigenvalue weighted by molar-refractivity contribution is -0.387. The third kappa shape index (κ3) is 3.22. The van der Waals surface area contributed by atoms with Gasteiger partial charge in [0.2, 0.25) is 5.82 Å². The number of nitro groups is 1. The predicted molar refractivity (Wildman–Crippen MR) is 75.1 cm³/mol. The van der Waals surface area contributed by atoms with Crippen molar-refractivity contribution in [3.63, 3.8) is 0 Å². The van der Waals surface area contributed by atoms with Crippen LogP contribution in [0.25, 0.3) is 0 Å². The largest absolute Gasteiger partial charge is 0.319 e. The first kappa shape index (κ1) is 15.0. The summed E-state index contributed by atoms with van der Waals surface area (Å²) in [4.78, 5) is 21.6. The molecule has 0 aliphatic rings. The first-order valence-corrected chi connectivity index (χ1v) is 6.38. The summed E-state index contributed by atoms with van der Waals surface area (Å²) < 4.78 is 27.3. The van der Waals surface area contributed by atoms with Gasteiger partial charge in [-0.1, -0.05) is 12.1 Å². The fourth-order valence-electron chi connectivity index (χ4n) is 1.61. The molecule has 0 aromatic heterocycles. The van der Waals surface area contributed by atoms with E-state index in [9.17, 15) is 23.7 Å². The molecule has 0 heterocycles. The van der Waals surface area contributed by atoms with Crippen LogP contribution in [0.4, 0.5) is 20.2 Å². The number of nitrogens with one attached hydrogen (secondary N) is 1. The number of nitro benzene ring substituents is 1. The molecule has 0 aliphatic heterocycles. The van der Waals surface area contributed by atoms with Gasteiger partial charge in [-0.25, -0.2) is 4.39 Å². The van der Waals surface area contributed by atoms with Crippen LogP contribution in [-0.2, 0) is 0 Å². The maximum Gasteiger partial charge on any atom is 0.307 e. The van der Waals surface area contributed by atoms with Crippen molar-refractivity contribution < 1.29 is 18.5 Å². The lowest BCUT2D eigenvalue weighted by Crippen LogP contribution is -2.14. The van der Waals surface area contributed by atoms with E-state index in [0.717, 1.165) is 0 Å². The molecule has 2 rings (SSSR count). The van der Waals surface area contributed by atoms with Crippen molar-refractivity contribution in [2.45, 2.75) is 0 Å². The molecule has 0 saturated heterocycles. The summed E-state index contributed by atoms with van der Waals surface area (Å²) in [5, 5.41) is 12.8. The van der Waals surface area contributed by atoms with Crippen molar-refractivity contribution in [1.82, 2.24) is 0 Å². The fraction of sp³-hybridized carbons (Fsp3) is 0. The summed E-state index contributed by atoms with van der Waals surface area (Å²) >= 11 is 3.16. The Morgan fingerprint density at radius 1 is 1.19 bits per heavy atom. The first-order valence-electron chi connectivity index (χ1n) is 5.59. The van der Waals surface area contributed by atoms with E-state index in [1.807, 2.05) is 0 Å². The van der Waals surface area contributed by atoms with Gasteiger partial charge in [-0.3, -0.25) is 14.9 Å². The van der Waals surface area contributed by atoms with Gasteiger partial charge in [0.05, 0.1) is 16.2 Å². The zero-order valence-electron chi connectivity index (χ0n) is 10.3. The molecule has 5 nitrogen and oxygen atoms in total. The Morgan fingerprint density at radius 2 is 1.86 bits per heavy atom. The number of carbonyl (C=O) groups excluding carboxylic acids is 1. The third-order valence-corrected chi connectivity index (χ3v) is 3.29. The Hall–Kier alpha value is -2.35. The van der Waals surface area contributed by atoms with Crippen LogP contribution in [-0.4, -0.2) is 10.8 Å². The van der Waals surface area contributed by atoms with Gasteiger partial charge >= 0.3 is 5.69 Å². The Labute approximate surface area is 125 Å². The number of anilines is 1. The highest BCUT2D eigenvalue weighted by Gasteiger charge is 2.20. The second-order valence-corrected chi connectivity index (χ2v) is 4.83. The Balaban J connectivity index is 2.36. The maximum absolute atomic E-state index is 13.6. The Bertz CT molecular complexity index is 737. The number of hydrogen-bond acceptors (Lipinski definition) is 3. The van der Waals surface area contributed by atoms with E-state index in [1.54, 1.807) is 18.2 Å². The van der Waals surface area contributed by atoms with Crippen molar-refractivity contribution in [2.24, 2.45) is 0 Å². The lowest BCUT2D eigenvalue weighted by atomic mass is 10.2. The maximum atomic E-state index is 13.6. The van der Waals surface area contributed by atoms with Gasteiger partial charge in [-0.05, 0) is 28.1 Å². The van der Waals surface area contributed by atoms with E-state index in [2.05, 4.69) is 21.2 Å². The highest BCUT2D eigenvalue weighted by molar-refractivity contribution is 9.10. The van der Waals surface area contributed by atoms with Crippen LogP contribution in [0.15, 0.2) is 40.9 Å². The van der Waals surface area contributed by atoms with Crippen molar-refractivity contribution in [1.29, 1.82) is 0 Å². The topological polar surface area (TPSA) is 72.2 Å². The van der Waals surface area contributed by atoms with Crippen molar-refractivity contribution in [3.05, 3.63) is 68.2 Å². The van der Waals surface area contributed by atoms with Crippen molar-refractivity contribution in [2.75, 3.05) is 5.32 Å². The molecule has 0 radical (unpaired) electrons. The minimum atomic E-state index is -1.31. The average Bonchev–Trinajstić information content (AvgIpc) is 2.41. The van der Waals surface area contributed by atoms with Gasteiger partial charge in [0.1, 0.15) is 5.82 Å². The van der Waals surface area contributed by atoms with E-state index < -0.39 is 33.8 Å². The molecular weight excluding hydrogens is 350 g/mol. The first-order chi connectivity index (χ1) is 9.90. The minimum absolute atomic E-state index is 0.212. The fourth-order valence-corrected chi connectivity index (χ4v) is 2.07. The van der Waals surface area contributed by atoms with Crippen LogP contribution < -0.4 is 5.32 Å². The molecule has 0 bridgehead atoms. The number of rotatable bonds is 3. The zero-order valence-corrected chi connectivity index (χ0v) is 11.9. The van der Waals surface area contributed by atoms with Crippen LogP contribution in [0.1, 0.15) is 10.4 Å². The zero-order chi connectivity index (χ0) is 15.6. The molecule has 108 valence electrons. The van der Waals surface area contributed by atoms with E-state index >= 15 is 0 Å². The van der Waals surface area contributed by atoms with Gasteiger partial charge < -0.3 is 5.32 Å². The molecule has 2 aromatic carbocycles. The predicted octanol–water partition coefficient (Wildman–Crippen LogP) is 3.89. The highest BCUT2D eigenvalue weighted by Crippen LogP contribution is 2.26. The molecule has 21 heavy (non-hydrogen) atoms. The second kappa shape index (κ2) is 5.96. The number of carbonyl (C=O) groups is 1. The number of amides is 1. The lowest BCUT2D eigenvalue weighted by Gasteiger charge is -2.08. The van der Waals surface area contributed by atoms with Crippen LogP contribution >= 0.6 is 15.9 Å². The second-order valence-electron chi connectivity index (χ2n) is 3.97. The van der Waals surface area contributed by atoms with Gasteiger partial charge in [-0.15, -0.1) is 0 Å². The summed E-state index contributed by atoms with van der Waals surface area (Å²) in [5.74, 6) is -3.09. The van der Waals surface area contributed by atoms with E-state index in [-0.39, 0.29) is 5.56 Å². The standard InChI is InChI=1S/C13H7BrF2N2O3/c14-8-4-2-1-3-7(8)13(19)17-11-6-12(18(20)21)10(16)5-9(11)15/h1-6H,(H,17,19). The molecule has 0 spiro atoms. The average molecular weight is 357 g/mol. The SMILES string of the molecule is O=C(Nc1cc([N+](=O)[O-])c(F)cc1F)c1ccccc1Br. The van der Waals surface area contributed by atoms with Crippen LogP contribution in [0.5, 0.6) is 0 Å². The van der Waals surface area contributed by atoms with Gasteiger partial charge in [0.25, 0.3) is 5.91 Å². The number of nitrogens with zero attached hydrogens (tertiary/aromatic N) is 1. The summed E-state index contributed by atoms with van der Waals surface area (Å²) in [6.45, 7) is 0. The Morgan fingerprint density at radius 3 is 2.48 bits per heavy atom. The quantitative estimate of drug-likeness (QED) is 0.669. The summed E-state index contributed by atoms with van der Waals surface area (Å²) in [6, 6.07) is 7.37. The third-order valence-electron chi connectivity index (χ3n) is 2.60. The van der Waals surface area contributed by atoms with Crippen LogP contribution in [0.3, 0.4) is 0 Å². The highest BCUT2D eigenvalue weighted by atomic mass is 79.9. The van der Waals surface area contributed by atoms with E-state index in [1.165, 1.54) is 6.07 Å².